The molecule has 0 aliphatic carbocycles. The van der Waals surface area contributed by atoms with Crippen LogP contribution in [0.1, 0.15) is 25.3 Å². The monoisotopic (exact) mass is 318 g/mol. The number of amides is 1. The molecule has 7 nitrogen and oxygen atoms in total. The van der Waals surface area contributed by atoms with E-state index in [9.17, 15) is 14.4 Å². The second-order valence-corrected chi connectivity index (χ2v) is 5.09. The molecule has 0 unspecified atom stereocenters. The Balaban J connectivity index is 2.15. The molecule has 2 rings (SSSR count). The number of benzene rings is 1. The van der Waals surface area contributed by atoms with Crippen LogP contribution >= 0.6 is 0 Å². The Morgan fingerprint density at radius 3 is 2.74 bits per heavy atom. The summed E-state index contributed by atoms with van der Waals surface area (Å²) in [5, 5.41) is 12.1. The lowest BCUT2D eigenvalue weighted by molar-refractivity contribution is -0.142. The van der Waals surface area contributed by atoms with Crippen molar-refractivity contribution in [1.29, 1.82) is 0 Å². The maximum absolute atomic E-state index is 11.7. The molecule has 3 N–H and O–H groups in total. The molecule has 23 heavy (non-hydrogen) atoms. The van der Waals surface area contributed by atoms with E-state index in [1.54, 1.807) is 18.3 Å². The Kier molecular flexibility index (Phi) is 5.35. The maximum atomic E-state index is 11.7. The molecule has 0 fully saturated rings. The van der Waals surface area contributed by atoms with E-state index in [0.717, 1.165) is 16.5 Å². The number of carbonyl (C=O) groups is 3. The Hall–Kier alpha value is -2.83. The fourth-order valence-electron chi connectivity index (χ4n) is 2.26. The number of ether oxygens (including phenoxy) is 1. The van der Waals surface area contributed by atoms with Crippen LogP contribution in [0.2, 0.25) is 0 Å². The van der Waals surface area contributed by atoms with Gasteiger partial charge in [0.1, 0.15) is 5.75 Å². The van der Waals surface area contributed by atoms with Gasteiger partial charge in [-0.3, -0.25) is 14.4 Å². The molecule has 1 heterocycles. The summed E-state index contributed by atoms with van der Waals surface area (Å²) in [5.74, 6) is -1.35. The summed E-state index contributed by atoms with van der Waals surface area (Å²) in [6.45, 7) is 1.93. The van der Waals surface area contributed by atoms with Crippen LogP contribution in [-0.2, 0) is 20.8 Å². The van der Waals surface area contributed by atoms with Crippen molar-refractivity contribution in [2.24, 2.45) is 0 Å². The summed E-state index contributed by atoms with van der Waals surface area (Å²) >= 11 is 0. The summed E-state index contributed by atoms with van der Waals surface area (Å²) in [6.07, 6.45) is 1.94. The third kappa shape index (κ3) is 4.57. The first-order chi connectivity index (χ1) is 11.0. The number of aromatic nitrogens is 1. The highest BCUT2D eigenvalue weighted by Crippen LogP contribution is 2.29. The minimum absolute atomic E-state index is 0.106. The third-order valence-corrected chi connectivity index (χ3v) is 3.28. The van der Waals surface area contributed by atoms with E-state index in [-0.39, 0.29) is 18.7 Å². The highest BCUT2D eigenvalue weighted by Gasteiger charge is 2.14. The zero-order valence-electron chi connectivity index (χ0n) is 12.7. The summed E-state index contributed by atoms with van der Waals surface area (Å²) < 4.78 is 5.29. The van der Waals surface area contributed by atoms with Crippen LogP contribution in [0, 0.1) is 0 Å². The number of esters is 1. The van der Waals surface area contributed by atoms with Crippen molar-refractivity contribution >= 4 is 28.7 Å². The van der Waals surface area contributed by atoms with Crippen LogP contribution in [0.3, 0.4) is 0 Å². The Morgan fingerprint density at radius 2 is 2.04 bits per heavy atom. The van der Waals surface area contributed by atoms with E-state index in [2.05, 4.69) is 10.3 Å². The fourth-order valence-corrected chi connectivity index (χ4v) is 2.26. The average Bonchev–Trinajstić information content (AvgIpc) is 2.89. The normalized spacial score (nSPS) is 10.5. The van der Waals surface area contributed by atoms with Gasteiger partial charge in [-0.05, 0) is 24.1 Å². The predicted octanol–water partition coefficient (Wildman–Crippen LogP) is 1.62. The van der Waals surface area contributed by atoms with Crippen LogP contribution in [0.4, 0.5) is 0 Å². The number of hydrogen-bond donors (Lipinski definition) is 3. The molecule has 0 radical (unpaired) electrons. The topological polar surface area (TPSA) is 108 Å². The van der Waals surface area contributed by atoms with E-state index >= 15 is 0 Å². The van der Waals surface area contributed by atoms with Crippen LogP contribution in [0.15, 0.2) is 24.4 Å². The summed E-state index contributed by atoms with van der Waals surface area (Å²) in [4.78, 5) is 36.3. The predicted molar refractivity (Wildman–Crippen MR) is 83.2 cm³/mol. The molecule has 0 aliphatic heterocycles. The van der Waals surface area contributed by atoms with Crippen LogP contribution in [0.25, 0.3) is 10.9 Å². The quantitative estimate of drug-likeness (QED) is 0.531. The first-order valence-electron chi connectivity index (χ1n) is 7.23. The molecule has 7 heteroatoms. The largest absolute Gasteiger partial charge is 0.481 e. The number of aliphatic carboxylic acids is 1. The van der Waals surface area contributed by atoms with Crippen LogP contribution in [-0.4, -0.2) is 34.5 Å². The highest BCUT2D eigenvalue weighted by molar-refractivity contribution is 5.91. The van der Waals surface area contributed by atoms with Gasteiger partial charge >= 0.3 is 11.9 Å². The van der Waals surface area contributed by atoms with Gasteiger partial charge in [-0.25, -0.2) is 0 Å². The van der Waals surface area contributed by atoms with Gasteiger partial charge in [0.15, 0.2) is 0 Å². The molecule has 0 atom stereocenters. The van der Waals surface area contributed by atoms with Gasteiger partial charge in [-0.1, -0.05) is 6.07 Å². The second kappa shape index (κ2) is 7.44. The Bertz CT molecular complexity index is 735. The maximum Gasteiger partial charge on any atom is 0.311 e. The molecule has 0 saturated heterocycles. The SMILES string of the molecule is CC(=O)NCCc1c[nH]c2cccc(OC(=O)CCC(=O)O)c12. The number of carbonyl (C=O) groups excluding carboxylic acids is 2. The van der Waals surface area contributed by atoms with Gasteiger partial charge in [-0.15, -0.1) is 0 Å². The standard InChI is InChI=1S/C16H18N2O5/c1-10(19)17-8-7-11-9-18-12-3-2-4-13(16(11)12)23-15(22)6-5-14(20)21/h2-4,9,18H,5-8H2,1H3,(H,17,19)(H,20,21). The lowest BCUT2D eigenvalue weighted by Crippen LogP contribution is -2.22. The number of H-pyrrole nitrogens is 1. The first-order valence-corrected chi connectivity index (χ1v) is 7.23. The number of aromatic amines is 1. The van der Waals surface area contributed by atoms with E-state index in [0.29, 0.717) is 18.7 Å². The van der Waals surface area contributed by atoms with Gasteiger partial charge in [0.25, 0.3) is 0 Å². The average molecular weight is 318 g/mol. The number of carboxylic acids is 1. The van der Waals surface area contributed by atoms with Crippen LogP contribution in [0.5, 0.6) is 5.75 Å². The minimum atomic E-state index is -1.04. The van der Waals surface area contributed by atoms with Gasteiger partial charge in [0, 0.05) is 30.6 Å². The third-order valence-electron chi connectivity index (χ3n) is 3.28. The molecule has 1 aromatic heterocycles. The number of carboxylic acid groups (broad SMARTS) is 1. The van der Waals surface area contributed by atoms with Crippen molar-refractivity contribution in [2.45, 2.75) is 26.2 Å². The lowest BCUT2D eigenvalue weighted by Gasteiger charge is -2.07. The second-order valence-electron chi connectivity index (χ2n) is 5.09. The number of hydrogen-bond acceptors (Lipinski definition) is 4. The summed E-state index contributed by atoms with van der Waals surface area (Å²) in [6, 6.07) is 5.26. The van der Waals surface area contributed by atoms with Gasteiger partial charge in [0.2, 0.25) is 5.91 Å². The zero-order chi connectivity index (χ0) is 16.8. The van der Waals surface area contributed by atoms with Gasteiger partial charge in [0.05, 0.1) is 12.8 Å². The molecular weight excluding hydrogens is 300 g/mol. The molecule has 2 aromatic rings. The minimum Gasteiger partial charge on any atom is -0.481 e. The molecule has 0 spiro atoms. The van der Waals surface area contributed by atoms with E-state index in [1.807, 2.05) is 6.07 Å². The van der Waals surface area contributed by atoms with E-state index in [1.165, 1.54) is 6.92 Å². The lowest BCUT2D eigenvalue weighted by atomic mass is 10.1. The zero-order valence-corrected chi connectivity index (χ0v) is 12.7. The van der Waals surface area contributed by atoms with Gasteiger partial charge < -0.3 is 20.1 Å². The van der Waals surface area contributed by atoms with E-state index in [4.69, 9.17) is 9.84 Å². The van der Waals surface area contributed by atoms with Crippen molar-refractivity contribution in [3.63, 3.8) is 0 Å². The highest BCUT2D eigenvalue weighted by atomic mass is 16.5. The molecule has 0 aliphatic rings. The van der Waals surface area contributed by atoms with E-state index < -0.39 is 11.9 Å². The van der Waals surface area contributed by atoms with Crippen molar-refractivity contribution < 1.29 is 24.2 Å². The van der Waals surface area contributed by atoms with Gasteiger partial charge in [-0.2, -0.15) is 0 Å². The molecule has 0 saturated carbocycles. The molecule has 1 aromatic carbocycles. The summed E-state index contributed by atoms with van der Waals surface area (Å²) in [7, 11) is 0. The van der Waals surface area contributed by atoms with Crippen LogP contribution < -0.4 is 10.1 Å². The Labute approximate surface area is 132 Å². The van der Waals surface area contributed by atoms with Crippen molar-refractivity contribution in [3.8, 4) is 5.75 Å². The molecule has 1 amide bonds. The smallest absolute Gasteiger partial charge is 0.311 e. The molecular formula is C16H18N2O5. The number of nitrogens with one attached hydrogen (secondary N) is 2. The summed E-state index contributed by atoms with van der Waals surface area (Å²) in [5.41, 5.74) is 1.72. The fraction of sp³-hybridized carbons (Fsp3) is 0.312. The van der Waals surface area contributed by atoms with Crippen molar-refractivity contribution in [2.75, 3.05) is 6.54 Å². The van der Waals surface area contributed by atoms with Crippen molar-refractivity contribution in [3.05, 3.63) is 30.0 Å². The number of fused-ring (bicyclic) bond motifs is 1. The Morgan fingerprint density at radius 1 is 1.26 bits per heavy atom. The first kappa shape index (κ1) is 16.5. The molecule has 122 valence electrons. The molecule has 0 bridgehead atoms. The number of rotatable bonds is 7. The van der Waals surface area contributed by atoms with Crippen molar-refractivity contribution in [1.82, 2.24) is 10.3 Å².